The number of ether oxygens (including phenoxy) is 1. The van der Waals surface area contributed by atoms with E-state index in [1.165, 1.54) is 0 Å². The summed E-state index contributed by atoms with van der Waals surface area (Å²) in [6.07, 6.45) is 1.01. The Morgan fingerprint density at radius 3 is 2.79 bits per heavy atom. The van der Waals surface area contributed by atoms with Crippen LogP contribution in [-0.2, 0) is 22.6 Å². The molecule has 1 aromatic rings. The van der Waals surface area contributed by atoms with Crippen molar-refractivity contribution in [3.63, 3.8) is 0 Å². The second-order valence-electron chi connectivity index (χ2n) is 3.17. The number of carbonyl (C=O) groups is 1. The topological polar surface area (TPSA) is 46.5 Å². The minimum Gasteiger partial charge on any atom is -0.507 e. The Bertz CT molecular complexity index is 332. The third-order valence-electron chi connectivity index (χ3n) is 2.17. The molecule has 14 heavy (non-hydrogen) atoms. The summed E-state index contributed by atoms with van der Waals surface area (Å²) >= 11 is 0. The number of rotatable bonds is 4. The maximum Gasteiger partial charge on any atom is 0.124 e. The van der Waals surface area contributed by atoms with E-state index in [1.54, 1.807) is 14.0 Å². The summed E-state index contributed by atoms with van der Waals surface area (Å²) < 4.78 is 4.98. The monoisotopic (exact) mass is 194 g/mol. The molecule has 1 aromatic carbocycles. The van der Waals surface area contributed by atoms with Crippen LogP contribution in [0.2, 0.25) is 0 Å². The number of hydrogen-bond donors (Lipinski definition) is 1. The Hall–Kier alpha value is -1.35. The zero-order chi connectivity index (χ0) is 10.6. The van der Waals surface area contributed by atoms with Gasteiger partial charge in [0.25, 0.3) is 0 Å². The number of benzene rings is 1. The summed E-state index contributed by atoms with van der Waals surface area (Å²) in [5, 5.41) is 9.72. The van der Waals surface area contributed by atoms with Crippen molar-refractivity contribution in [2.45, 2.75) is 20.0 Å². The van der Waals surface area contributed by atoms with Gasteiger partial charge in [0.2, 0.25) is 0 Å². The first-order valence-electron chi connectivity index (χ1n) is 4.43. The second-order valence-corrected chi connectivity index (χ2v) is 3.17. The Kier molecular flexibility index (Phi) is 3.65. The minimum absolute atomic E-state index is 0.201. The first-order valence-corrected chi connectivity index (χ1v) is 4.43. The average molecular weight is 194 g/mol. The van der Waals surface area contributed by atoms with Crippen LogP contribution in [0.5, 0.6) is 5.75 Å². The molecule has 0 spiro atoms. The quantitative estimate of drug-likeness (QED) is 0.740. The van der Waals surface area contributed by atoms with Gasteiger partial charge >= 0.3 is 0 Å². The number of hydrogen-bond acceptors (Lipinski definition) is 3. The summed E-state index contributed by atoms with van der Waals surface area (Å²) in [6.45, 7) is 2.22. The van der Waals surface area contributed by atoms with Gasteiger partial charge in [0.1, 0.15) is 12.0 Å². The van der Waals surface area contributed by atoms with Crippen LogP contribution in [0.1, 0.15) is 16.7 Å². The van der Waals surface area contributed by atoms with Gasteiger partial charge in [0.05, 0.1) is 6.61 Å². The van der Waals surface area contributed by atoms with Gasteiger partial charge in [-0.1, -0.05) is 12.1 Å². The molecule has 3 heteroatoms. The molecule has 0 radical (unpaired) electrons. The van der Waals surface area contributed by atoms with Crippen molar-refractivity contribution in [1.29, 1.82) is 0 Å². The highest BCUT2D eigenvalue weighted by molar-refractivity contribution is 5.60. The van der Waals surface area contributed by atoms with Crippen molar-refractivity contribution in [1.82, 2.24) is 0 Å². The Balaban J connectivity index is 3.14. The van der Waals surface area contributed by atoms with E-state index >= 15 is 0 Å². The molecule has 0 saturated heterocycles. The molecule has 0 heterocycles. The molecular formula is C11H14O3. The fourth-order valence-corrected chi connectivity index (χ4v) is 1.40. The molecule has 0 unspecified atom stereocenters. The van der Waals surface area contributed by atoms with Gasteiger partial charge in [0, 0.05) is 19.1 Å². The van der Waals surface area contributed by atoms with Gasteiger partial charge in [-0.25, -0.2) is 0 Å². The molecule has 0 fully saturated rings. The maximum absolute atomic E-state index is 10.4. The lowest BCUT2D eigenvalue weighted by Crippen LogP contribution is -1.98. The molecule has 0 bridgehead atoms. The lowest BCUT2D eigenvalue weighted by atomic mass is 10.0. The minimum atomic E-state index is 0.201. The summed E-state index contributed by atoms with van der Waals surface area (Å²) in [5.41, 5.74) is 2.31. The molecule has 0 aromatic heterocycles. The third-order valence-corrected chi connectivity index (χ3v) is 2.17. The first kappa shape index (κ1) is 10.7. The molecule has 0 aliphatic rings. The van der Waals surface area contributed by atoms with Crippen molar-refractivity contribution < 1.29 is 14.6 Å². The van der Waals surface area contributed by atoms with Crippen LogP contribution in [-0.4, -0.2) is 18.5 Å². The zero-order valence-electron chi connectivity index (χ0n) is 8.41. The lowest BCUT2D eigenvalue weighted by molar-refractivity contribution is -0.107. The number of aldehydes is 1. The van der Waals surface area contributed by atoms with Crippen LogP contribution in [0.4, 0.5) is 0 Å². The van der Waals surface area contributed by atoms with Crippen molar-refractivity contribution in [3.8, 4) is 5.75 Å². The van der Waals surface area contributed by atoms with E-state index in [0.717, 1.165) is 17.4 Å². The molecule has 0 amide bonds. The number of carbonyl (C=O) groups excluding carboxylic acids is 1. The molecular weight excluding hydrogens is 180 g/mol. The smallest absolute Gasteiger partial charge is 0.124 e. The van der Waals surface area contributed by atoms with Crippen LogP contribution >= 0.6 is 0 Å². The highest BCUT2D eigenvalue weighted by Gasteiger charge is 2.09. The fourth-order valence-electron chi connectivity index (χ4n) is 1.40. The average Bonchev–Trinajstić information content (AvgIpc) is 2.18. The molecule has 76 valence electrons. The van der Waals surface area contributed by atoms with E-state index in [0.29, 0.717) is 12.2 Å². The summed E-state index contributed by atoms with van der Waals surface area (Å²) in [6, 6.07) is 3.69. The van der Waals surface area contributed by atoms with Crippen LogP contribution in [0.3, 0.4) is 0 Å². The third kappa shape index (κ3) is 2.12. The molecule has 0 atom stereocenters. The largest absolute Gasteiger partial charge is 0.507 e. The van der Waals surface area contributed by atoms with Crippen molar-refractivity contribution >= 4 is 6.29 Å². The van der Waals surface area contributed by atoms with Gasteiger partial charge < -0.3 is 14.6 Å². The zero-order valence-corrected chi connectivity index (χ0v) is 8.41. The molecule has 1 rings (SSSR count). The normalized spacial score (nSPS) is 10.1. The van der Waals surface area contributed by atoms with Crippen molar-refractivity contribution in [2.24, 2.45) is 0 Å². The van der Waals surface area contributed by atoms with Crippen molar-refractivity contribution in [3.05, 3.63) is 28.8 Å². The van der Waals surface area contributed by atoms with Gasteiger partial charge in [0.15, 0.2) is 0 Å². The van der Waals surface area contributed by atoms with E-state index in [1.807, 2.05) is 12.1 Å². The van der Waals surface area contributed by atoms with E-state index in [2.05, 4.69) is 0 Å². The van der Waals surface area contributed by atoms with Crippen molar-refractivity contribution in [2.75, 3.05) is 7.11 Å². The summed E-state index contributed by atoms with van der Waals surface area (Å²) in [5.74, 6) is 0.201. The molecule has 3 nitrogen and oxygen atoms in total. The molecule has 1 N–H and O–H groups in total. The molecule has 0 aliphatic carbocycles. The van der Waals surface area contributed by atoms with E-state index in [9.17, 15) is 9.90 Å². The maximum atomic E-state index is 10.4. The standard InChI is InChI=1S/C11H14O3/c1-8-3-4-9(7-14-2)10(5-6-12)11(8)13/h3-4,6,13H,5,7H2,1-2H3. The molecule has 0 aliphatic heterocycles. The predicted octanol–water partition coefficient (Wildman–Crippen LogP) is 1.59. The number of phenols is 1. The number of methoxy groups -OCH3 is 1. The first-order chi connectivity index (χ1) is 6.70. The van der Waals surface area contributed by atoms with E-state index in [4.69, 9.17) is 4.74 Å². The lowest BCUT2D eigenvalue weighted by Gasteiger charge is -2.10. The Labute approximate surface area is 83.3 Å². The molecule has 0 saturated carbocycles. The number of aromatic hydroxyl groups is 1. The van der Waals surface area contributed by atoms with Gasteiger partial charge in [-0.15, -0.1) is 0 Å². The van der Waals surface area contributed by atoms with Gasteiger partial charge in [-0.3, -0.25) is 0 Å². The Morgan fingerprint density at radius 1 is 1.50 bits per heavy atom. The summed E-state index contributed by atoms with van der Waals surface area (Å²) in [7, 11) is 1.58. The van der Waals surface area contributed by atoms with Crippen LogP contribution < -0.4 is 0 Å². The van der Waals surface area contributed by atoms with E-state index < -0.39 is 0 Å². The SMILES string of the molecule is COCc1ccc(C)c(O)c1CC=O. The van der Waals surface area contributed by atoms with E-state index in [-0.39, 0.29) is 12.2 Å². The van der Waals surface area contributed by atoms with Crippen LogP contribution in [0, 0.1) is 6.92 Å². The predicted molar refractivity (Wildman–Crippen MR) is 53.3 cm³/mol. The Morgan fingerprint density at radius 2 is 2.21 bits per heavy atom. The highest BCUT2D eigenvalue weighted by atomic mass is 16.5. The van der Waals surface area contributed by atoms with Crippen LogP contribution in [0.25, 0.3) is 0 Å². The van der Waals surface area contributed by atoms with Gasteiger partial charge in [-0.05, 0) is 18.1 Å². The second kappa shape index (κ2) is 4.77. The number of aryl methyl sites for hydroxylation is 1. The fraction of sp³-hybridized carbons (Fsp3) is 0.364. The number of phenolic OH excluding ortho intramolecular Hbond substituents is 1. The van der Waals surface area contributed by atoms with Crippen LogP contribution in [0.15, 0.2) is 12.1 Å². The highest BCUT2D eigenvalue weighted by Crippen LogP contribution is 2.26. The summed E-state index contributed by atoms with van der Waals surface area (Å²) in [4.78, 5) is 10.4. The van der Waals surface area contributed by atoms with Gasteiger partial charge in [-0.2, -0.15) is 0 Å².